The SMILES string of the molecule is CCNCc1cccc(CN2CCCN(C)CC2CC)n1. The normalized spacial score (nSPS) is 21.4. The molecule has 1 fully saturated rings. The summed E-state index contributed by atoms with van der Waals surface area (Å²) < 4.78 is 0. The van der Waals surface area contributed by atoms with Gasteiger partial charge in [-0.15, -0.1) is 0 Å². The number of hydrogen-bond acceptors (Lipinski definition) is 4. The van der Waals surface area contributed by atoms with Gasteiger partial charge in [-0.1, -0.05) is 19.9 Å². The summed E-state index contributed by atoms with van der Waals surface area (Å²) in [4.78, 5) is 9.88. The average molecular weight is 290 g/mol. The second-order valence-corrected chi connectivity index (χ2v) is 6.05. The van der Waals surface area contributed by atoms with E-state index in [4.69, 9.17) is 4.98 Å². The lowest BCUT2D eigenvalue weighted by Gasteiger charge is -2.29. The third-order valence-corrected chi connectivity index (χ3v) is 4.28. The molecule has 4 heteroatoms. The topological polar surface area (TPSA) is 31.4 Å². The summed E-state index contributed by atoms with van der Waals surface area (Å²) >= 11 is 0. The zero-order valence-corrected chi connectivity index (χ0v) is 13.8. The number of pyridine rings is 1. The highest BCUT2D eigenvalue weighted by Crippen LogP contribution is 2.15. The second-order valence-electron chi connectivity index (χ2n) is 6.05. The Labute approximate surface area is 129 Å². The molecule has 0 aromatic carbocycles. The van der Waals surface area contributed by atoms with E-state index >= 15 is 0 Å². The van der Waals surface area contributed by atoms with Crippen molar-refractivity contribution in [3.05, 3.63) is 29.6 Å². The van der Waals surface area contributed by atoms with E-state index in [1.807, 2.05) is 0 Å². The molecular formula is C17H30N4. The second kappa shape index (κ2) is 8.47. The van der Waals surface area contributed by atoms with Crippen LogP contribution in [0.1, 0.15) is 38.1 Å². The molecule has 1 N–H and O–H groups in total. The van der Waals surface area contributed by atoms with Gasteiger partial charge in [-0.2, -0.15) is 0 Å². The summed E-state index contributed by atoms with van der Waals surface area (Å²) in [6.07, 6.45) is 2.46. The maximum Gasteiger partial charge on any atom is 0.0547 e. The molecule has 1 aromatic heterocycles. The first kappa shape index (κ1) is 16.4. The fourth-order valence-corrected chi connectivity index (χ4v) is 3.07. The summed E-state index contributed by atoms with van der Waals surface area (Å²) in [6.45, 7) is 10.8. The highest BCUT2D eigenvalue weighted by Gasteiger charge is 2.22. The van der Waals surface area contributed by atoms with Gasteiger partial charge in [0.25, 0.3) is 0 Å². The molecule has 1 atom stereocenters. The first-order chi connectivity index (χ1) is 10.2. The molecule has 0 saturated carbocycles. The molecule has 1 aliphatic heterocycles. The van der Waals surface area contributed by atoms with Crippen molar-refractivity contribution in [1.29, 1.82) is 0 Å². The van der Waals surface area contributed by atoms with Crippen molar-refractivity contribution in [1.82, 2.24) is 20.1 Å². The molecule has 0 spiro atoms. The number of rotatable bonds is 6. The van der Waals surface area contributed by atoms with E-state index in [9.17, 15) is 0 Å². The van der Waals surface area contributed by atoms with Crippen LogP contribution in [0.3, 0.4) is 0 Å². The summed E-state index contributed by atoms with van der Waals surface area (Å²) in [5, 5.41) is 3.35. The van der Waals surface area contributed by atoms with Crippen molar-refractivity contribution in [3.8, 4) is 0 Å². The Hall–Kier alpha value is -0.970. The van der Waals surface area contributed by atoms with Gasteiger partial charge < -0.3 is 10.2 Å². The molecule has 1 unspecified atom stereocenters. The smallest absolute Gasteiger partial charge is 0.0547 e. The molecule has 1 aromatic rings. The number of hydrogen-bond donors (Lipinski definition) is 1. The average Bonchev–Trinajstić information content (AvgIpc) is 2.67. The highest BCUT2D eigenvalue weighted by molar-refractivity contribution is 5.11. The molecule has 118 valence electrons. The lowest BCUT2D eigenvalue weighted by Crippen LogP contribution is -2.39. The lowest BCUT2D eigenvalue weighted by molar-refractivity contribution is 0.174. The van der Waals surface area contributed by atoms with E-state index in [2.05, 4.69) is 54.2 Å². The molecule has 4 nitrogen and oxygen atoms in total. The van der Waals surface area contributed by atoms with Gasteiger partial charge in [0.15, 0.2) is 0 Å². The first-order valence-electron chi connectivity index (χ1n) is 8.31. The van der Waals surface area contributed by atoms with Gasteiger partial charge in [0.2, 0.25) is 0 Å². The Bertz CT molecular complexity index is 421. The van der Waals surface area contributed by atoms with E-state index in [1.165, 1.54) is 38.2 Å². The summed E-state index contributed by atoms with van der Waals surface area (Å²) in [7, 11) is 2.24. The summed E-state index contributed by atoms with van der Waals surface area (Å²) in [5.41, 5.74) is 2.35. The molecular weight excluding hydrogens is 260 g/mol. The quantitative estimate of drug-likeness (QED) is 0.869. The third kappa shape index (κ3) is 5.06. The lowest BCUT2D eigenvalue weighted by atomic mass is 10.1. The minimum Gasteiger partial charge on any atom is -0.311 e. The van der Waals surface area contributed by atoms with E-state index in [0.29, 0.717) is 6.04 Å². The molecule has 0 aliphatic carbocycles. The molecule has 0 bridgehead atoms. The van der Waals surface area contributed by atoms with E-state index in [-0.39, 0.29) is 0 Å². The maximum absolute atomic E-state index is 4.80. The highest BCUT2D eigenvalue weighted by atomic mass is 15.2. The van der Waals surface area contributed by atoms with Crippen LogP contribution in [-0.4, -0.2) is 54.1 Å². The van der Waals surface area contributed by atoms with Crippen LogP contribution in [0.4, 0.5) is 0 Å². The zero-order chi connectivity index (χ0) is 15.1. The largest absolute Gasteiger partial charge is 0.311 e. The monoisotopic (exact) mass is 290 g/mol. The van der Waals surface area contributed by atoms with Gasteiger partial charge in [0.1, 0.15) is 0 Å². The fourth-order valence-electron chi connectivity index (χ4n) is 3.07. The zero-order valence-electron chi connectivity index (χ0n) is 13.8. The molecule has 1 saturated heterocycles. The molecule has 21 heavy (non-hydrogen) atoms. The summed E-state index contributed by atoms with van der Waals surface area (Å²) in [5.74, 6) is 0. The van der Waals surface area contributed by atoms with Crippen LogP contribution in [0.5, 0.6) is 0 Å². The number of likely N-dealkylation sites (N-methyl/N-ethyl adjacent to an activating group) is 1. The summed E-state index contributed by atoms with van der Waals surface area (Å²) in [6, 6.07) is 7.06. The maximum atomic E-state index is 4.80. The van der Waals surface area contributed by atoms with Gasteiger partial charge in [-0.05, 0) is 45.1 Å². The van der Waals surface area contributed by atoms with Gasteiger partial charge in [-0.25, -0.2) is 0 Å². The van der Waals surface area contributed by atoms with Crippen molar-refractivity contribution in [2.75, 3.05) is 33.2 Å². The van der Waals surface area contributed by atoms with Crippen LogP contribution < -0.4 is 5.32 Å². The first-order valence-corrected chi connectivity index (χ1v) is 8.31. The standard InChI is InChI=1S/C17H30N4/c1-4-17-14-20(3)10-7-11-21(17)13-16-9-6-8-15(19-16)12-18-5-2/h6,8-9,17-18H,4-5,7,10-14H2,1-3H3. The van der Waals surface area contributed by atoms with Crippen LogP contribution in [0.15, 0.2) is 18.2 Å². The van der Waals surface area contributed by atoms with Gasteiger partial charge in [0.05, 0.1) is 11.4 Å². The van der Waals surface area contributed by atoms with Crippen molar-refractivity contribution in [2.24, 2.45) is 0 Å². The Morgan fingerprint density at radius 2 is 2.05 bits per heavy atom. The van der Waals surface area contributed by atoms with Crippen molar-refractivity contribution in [2.45, 2.75) is 45.8 Å². The Morgan fingerprint density at radius 1 is 1.24 bits per heavy atom. The number of nitrogens with one attached hydrogen (secondary N) is 1. The Morgan fingerprint density at radius 3 is 2.81 bits per heavy atom. The van der Waals surface area contributed by atoms with Crippen LogP contribution in [0.25, 0.3) is 0 Å². The van der Waals surface area contributed by atoms with E-state index in [1.54, 1.807) is 0 Å². The number of nitrogens with zero attached hydrogens (tertiary/aromatic N) is 3. The molecule has 0 amide bonds. The van der Waals surface area contributed by atoms with Gasteiger partial charge in [0, 0.05) is 32.2 Å². The van der Waals surface area contributed by atoms with Gasteiger partial charge >= 0.3 is 0 Å². The molecule has 2 heterocycles. The van der Waals surface area contributed by atoms with Crippen LogP contribution >= 0.6 is 0 Å². The van der Waals surface area contributed by atoms with Crippen molar-refractivity contribution in [3.63, 3.8) is 0 Å². The Balaban J connectivity index is 2.01. The Kier molecular flexibility index (Phi) is 6.61. The van der Waals surface area contributed by atoms with Crippen molar-refractivity contribution >= 4 is 0 Å². The molecule has 0 radical (unpaired) electrons. The van der Waals surface area contributed by atoms with E-state index < -0.39 is 0 Å². The van der Waals surface area contributed by atoms with Crippen LogP contribution in [0, 0.1) is 0 Å². The van der Waals surface area contributed by atoms with Crippen LogP contribution in [0.2, 0.25) is 0 Å². The van der Waals surface area contributed by atoms with E-state index in [0.717, 1.165) is 25.3 Å². The van der Waals surface area contributed by atoms with Crippen LogP contribution in [-0.2, 0) is 13.1 Å². The minimum atomic E-state index is 0.650. The number of aromatic nitrogens is 1. The fraction of sp³-hybridized carbons (Fsp3) is 0.706. The van der Waals surface area contributed by atoms with Crippen molar-refractivity contribution < 1.29 is 0 Å². The minimum absolute atomic E-state index is 0.650. The molecule has 2 rings (SSSR count). The predicted octanol–water partition coefficient (Wildman–Crippen LogP) is 2.11. The predicted molar refractivity (Wildman–Crippen MR) is 88.2 cm³/mol. The van der Waals surface area contributed by atoms with Gasteiger partial charge in [-0.3, -0.25) is 9.88 Å². The third-order valence-electron chi connectivity index (χ3n) is 4.28. The molecule has 1 aliphatic rings.